The average Bonchev–Trinajstić information content (AvgIpc) is 2.14. The largest absolute Gasteiger partial charge is 0.478 e. The molecule has 0 unspecified atom stereocenters. The molecule has 0 aliphatic rings. The van der Waals surface area contributed by atoms with Crippen LogP contribution in [-0.2, 0) is 4.79 Å². The molecule has 0 fully saturated rings. The van der Waals surface area contributed by atoms with Crippen molar-refractivity contribution in [3.8, 4) is 0 Å². The molecule has 2 heteroatoms. The molecule has 0 aromatic carbocycles. The highest BCUT2D eigenvalue weighted by atomic mass is 16.4. The normalized spacial score (nSPS) is 12.1. The van der Waals surface area contributed by atoms with E-state index < -0.39 is 5.97 Å². The number of carboxylic acid groups (broad SMARTS) is 1. The van der Waals surface area contributed by atoms with Crippen LogP contribution in [0.1, 0.15) is 52.9 Å². The Morgan fingerprint density at radius 3 is 2.14 bits per heavy atom. The summed E-state index contributed by atoms with van der Waals surface area (Å²) in [6, 6.07) is 0. The molecule has 0 rings (SSSR count). The van der Waals surface area contributed by atoms with E-state index in [0.29, 0.717) is 11.5 Å². The number of carbonyl (C=O) groups is 1. The summed E-state index contributed by atoms with van der Waals surface area (Å²) < 4.78 is 0. The Labute approximate surface area is 87.0 Å². The molecule has 0 aliphatic carbocycles. The third kappa shape index (κ3) is 5.79. The van der Waals surface area contributed by atoms with Gasteiger partial charge in [0.05, 0.1) is 0 Å². The Kier molecular flexibility index (Phi) is 7.17. The van der Waals surface area contributed by atoms with Crippen molar-refractivity contribution in [2.75, 3.05) is 0 Å². The van der Waals surface area contributed by atoms with Gasteiger partial charge in [0.15, 0.2) is 0 Å². The van der Waals surface area contributed by atoms with Crippen molar-refractivity contribution in [1.82, 2.24) is 0 Å². The van der Waals surface area contributed by atoms with Crippen LogP contribution < -0.4 is 0 Å². The van der Waals surface area contributed by atoms with Crippen molar-refractivity contribution in [3.05, 3.63) is 11.6 Å². The lowest BCUT2D eigenvalue weighted by Crippen LogP contribution is -2.01. The van der Waals surface area contributed by atoms with E-state index >= 15 is 0 Å². The zero-order chi connectivity index (χ0) is 11.0. The summed E-state index contributed by atoms with van der Waals surface area (Å²) >= 11 is 0. The van der Waals surface area contributed by atoms with E-state index in [0.717, 1.165) is 6.42 Å². The summed E-state index contributed by atoms with van der Waals surface area (Å²) in [5.74, 6) is -0.129. The third-order valence-electron chi connectivity index (χ3n) is 2.49. The first-order valence-corrected chi connectivity index (χ1v) is 5.51. The van der Waals surface area contributed by atoms with Gasteiger partial charge in [-0.1, -0.05) is 45.6 Å². The standard InChI is InChI=1S/C12H22O2/c1-4-6-11(7-5-2)9-8-10(3)12(13)14/h8,11H,4-7,9H2,1-3H3,(H,13,14)/b10-8+. The van der Waals surface area contributed by atoms with Gasteiger partial charge >= 0.3 is 5.97 Å². The zero-order valence-electron chi connectivity index (χ0n) is 9.55. The van der Waals surface area contributed by atoms with Gasteiger partial charge in [-0.05, 0) is 19.3 Å². The van der Waals surface area contributed by atoms with E-state index in [1.165, 1.54) is 25.7 Å². The second-order valence-corrected chi connectivity index (χ2v) is 3.87. The fourth-order valence-electron chi connectivity index (χ4n) is 1.63. The summed E-state index contributed by atoms with van der Waals surface area (Å²) in [5, 5.41) is 8.69. The quantitative estimate of drug-likeness (QED) is 0.634. The van der Waals surface area contributed by atoms with Crippen molar-refractivity contribution in [2.24, 2.45) is 5.92 Å². The van der Waals surface area contributed by atoms with Crippen molar-refractivity contribution in [2.45, 2.75) is 52.9 Å². The van der Waals surface area contributed by atoms with Crippen LogP contribution >= 0.6 is 0 Å². The van der Waals surface area contributed by atoms with Crippen LogP contribution in [0.5, 0.6) is 0 Å². The maximum absolute atomic E-state index is 10.6. The lowest BCUT2D eigenvalue weighted by Gasteiger charge is -2.12. The zero-order valence-corrected chi connectivity index (χ0v) is 9.55. The van der Waals surface area contributed by atoms with Crippen molar-refractivity contribution < 1.29 is 9.90 Å². The summed E-state index contributed by atoms with van der Waals surface area (Å²) in [4.78, 5) is 10.6. The minimum atomic E-state index is -0.795. The fraction of sp³-hybridized carbons (Fsp3) is 0.750. The monoisotopic (exact) mass is 198 g/mol. The van der Waals surface area contributed by atoms with Crippen LogP contribution in [0.4, 0.5) is 0 Å². The van der Waals surface area contributed by atoms with Crippen LogP contribution in [0.15, 0.2) is 11.6 Å². The van der Waals surface area contributed by atoms with Gasteiger partial charge < -0.3 is 5.11 Å². The number of allylic oxidation sites excluding steroid dienone is 1. The van der Waals surface area contributed by atoms with Crippen LogP contribution in [0, 0.1) is 5.92 Å². The molecule has 0 amide bonds. The molecule has 0 saturated heterocycles. The highest BCUT2D eigenvalue weighted by molar-refractivity contribution is 5.85. The first-order valence-electron chi connectivity index (χ1n) is 5.51. The minimum Gasteiger partial charge on any atom is -0.478 e. The Balaban J connectivity index is 4.02. The fourth-order valence-corrected chi connectivity index (χ4v) is 1.63. The van der Waals surface area contributed by atoms with Gasteiger partial charge in [-0.3, -0.25) is 0 Å². The third-order valence-corrected chi connectivity index (χ3v) is 2.49. The highest BCUT2D eigenvalue weighted by Crippen LogP contribution is 2.18. The minimum absolute atomic E-state index is 0.474. The molecular formula is C12H22O2. The first kappa shape index (κ1) is 13.2. The van der Waals surface area contributed by atoms with Gasteiger partial charge in [0.1, 0.15) is 0 Å². The molecule has 0 atom stereocenters. The summed E-state index contributed by atoms with van der Waals surface area (Å²) in [6.45, 7) is 6.02. The highest BCUT2D eigenvalue weighted by Gasteiger charge is 2.06. The van der Waals surface area contributed by atoms with E-state index in [4.69, 9.17) is 5.11 Å². The van der Waals surface area contributed by atoms with E-state index in [9.17, 15) is 4.79 Å². The molecule has 0 spiro atoms. The summed E-state index contributed by atoms with van der Waals surface area (Å²) in [5.41, 5.74) is 0.474. The van der Waals surface area contributed by atoms with Gasteiger partial charge in [0.2, 0.25) is 0 Å². The smallest absolute Gasteiger partial charge is 0.330 e. The average molecular weight is 198 g/mol. The van der Waals surface area contributed by atoms with Crippen LogP contribution in [0.25, 0.3) is 0 Å². The number of aliphatic carboxylic acids is 1. The molecule has 0 heterocycles. The Morgan fingerprint density at radius 2 is 1.79 bits per heavy atom. The van der Waals surface area contributed by atoms with Gasteiger partial charge in [-0.2, -0.15) is 0 Å². The van der Waals surface area contributed by atoms with Crippen LogP contribution in [-0.4, -0.2) is 11.1 Å². The first-order chi connectivity index (χ1) is 6.61. The predicted octanol–water partition coefficient (Wildman–Crippen LogP) is 3.62. The van der Waals surface area contributed by atoms with Crippen molar-refractivity contribution >= 4 is 5.97 Å². The van der Waals surface area contributed by atoms with Crippen molar-refractivity contribution in [3.63, 3.8) is 0 Å². The van der Waals surface area contributed by atoms with Gasteiger partial charge in [-0.15, -0.1) is 0 Å². The lowest BCUT2D eigenvalue weighted by molar-refractivity contribution is -0.132. The summed E-state index contributed by atoms with van der Waals surface area (Å²) in [6.07, 6.45) is 7.56. The molecule has 14 heavy (non-hydrogen) atoms. The molecule has 0 aromatic heterocycles. The molecular weight excluding hydrogens is 176 g/mol. The maximum atomic E-state index is 10.6. The molecule has 0 aliphatic heterocycles. The van der Waals surface area contributed by atoms with Gasteiger partial charge in [0.25, 0.3) is 0 Å². The molecule has 0 bridgehead atoms. The molecule has 82 valence electrons. The molecule has 0 saturated carbocycles. The number of rotatable bonds is 7. The predicted molar refractivity (Wildman–Crippen MR) is 59.3 cm³/mol. The SMILES string of the molecule is CCCC(C/C=C(\C)C(=O)O)CCC. The van der Waals surface area contributed by atoms with E-state index in [1.54, 1.807) is 6.92 Å². The Bertz CT molecular complexity index is 188. The molecule has 1 N–H and O–H groups in total. The Morgan fingerprint density at radius 1 is 1.29 bits per heavy atom. The van der Waals surface area contributed by atoms with Crippen LogP contribution in [0.2, 0.25) is 0 Å². The second-order valence-electron chi connectivity index (χ2n) is 3.87. The topological polar surface area (TPSA) is 37.3 Å². The number of carboxylic acids is 1. The van der Waals surface area contributed by atoms with Crippen molar-refractivity contribution in [1.29, 1.82) is 0 Å². The van der Waals surface area contributed by atoms with E-state index in [1.807, 2.05) is 6.08 Å². The maximum Gasteiger partial charge on any atom is 0.330 e. The van der Waals surface area contributed by atoms with E-state index in [-0.39, 0.29) is 0 Å². The molecule has 2 nitrogen and oxygen atoms in total. The Hall–Kier alpha value is -0.790. The van der Waals surface area contributed by atoms with Gasteiger partial charge in [0, 0.05) is 5.57 Å². The molecule has 0 radical (unpaired) electrons. The van der Waals surface area contributed by atoms with Crippen LogP contribution in [0.3, 0.4) is 0 Å². The van der Waals surface area contributed by atoms with Gasteiger partial charge in [-0.25, -0.2) is 4.79 Å². The lowest BCUT2D eigenvalue weighted by atomic mass is 9.94. The molecule has 0 aromatic rings. The van der Waals surface area contributed by atoms with E-state index in [2.05, 4.69) is 13.8 Å². The number of hydrogen-bond acceptors (Lipinski definition) is 1. The number of hydrogen-bond donors (Lipinski definition) is 1. The second kappa shape index (κ2) is 7.60. The summed E-state index contributed by atoms with van der Waals surface area (Å²) in [7, 11) is 0.